The molecule has 1 saturated heterocycles. The Hall–Kier alpha value is -2.14. The van der Waals surface area contributed by atoms with Crippen molar-refractivity contribution in [2.24, 2.45) is 13.0 Å². The predicted molar refractivity (Wildman–Crippen MR) is 85.1 cm³/mol. The lowest BCUT2D eigenvalue weighted by Gasteiger charge is -2.11. The van der Waals surface area contributed by atoms with E-state index in [0.29, 0.717) is 12.5 Å². The Morgan fingerprint density at radius 2 is 2.23 bits per heavy atom. The second-order valence-electron chi connectivity index (χ2n) is 5.76. The molecule has 1 N–H and O–H groups in total. The van der Waals surface area contributed by atoms with Gasteiger partial charge in [-0.15, -0.1) is 0 Å². The summed E-state index contributed by atoms with van der Waals surface area (Å²) in [6.07, 6.45) is 1.94. The van der Waals surface area contributed by atoms with Crippen molar-refractivity contribution in [3.8, 4) is 0 Å². The molecule has 1 aromatic carbocycles. The van der Waals surface area contributed by atoms with Gasteiger partial charge in [-0.25, -0.2) is 0 Å². The van der Waals surface area contributed by atoms with Gasteiger partial charge in [-0.2, -0.15) is 0 Å². The summed E-state index contributed by atoms with van der Waals surface area (Å²) in [7, 11) is 1.69. The van der Waals surface area contributed by atoms with Crippen LogP contribution in [0, 0.1) is 5.92 Å². The van der Waals surface area contributed by atoms with Crippen LogP contribution in [0.15, 0.2) is 35.1 Å². The van der Waals surface area contributed by atoms with Gasteiger partial charge in [-0.05, 0) is 36.3 Å². The fourth-order valence-electron chi connectivity index (χ4n) is 2.88. The van der Waals surface area contributed by atoms with E-state index >= 15 is 0 Å². The van der Waals surface area contributed by atoms with E-state index in [2.05, 4.69) is 5.32 Å². The summed E-state index contributed by atoms with van der Waals surface area (Å²) >= 11 is 0. The van der Waals surface area contributed by atoms with Gasteiger partial charge in [0.2, 0.25) is 0 Å². The zero-order chi connectivity index (χ0) is 15.5. The Morgan fingerprint density at radius 1 is 1.41 bits per heavy atom. The Morgan fingerprint density at radius 3 is 3.00 bits per heavy atom. The first-order valence-electron chi connectivity index (χ1n) is 7.61. The van der Waals surface area contributed by atoms with Gasteiger partial charge >= 0.3 is 0 Å². The molecule has 2 heterocycles. The maximum Gasteiger partial charge on any atom is 0.263 e. The third-order valence-electron chi connectivity index (χ3n) is 4.24. The summed E-state index contributed by atoms with van der Waals surface area (Å²) in [5.41, 5.74) is 0.761. The number of aromatic nitrogens is 1. The van der Waals surface area contributed by atoms with E-state index in [-0.39, 0.29) is 17.0 Å². The monoisotopic (exact) mass is 300 g/mol. The van der Waals surface area contributed by atoms with Gasteiger partial charge in [0.15, 0.2) is 0 Å². The third kappa shape index (κ3) is 2.90. The van der Waals surface area contributed by atoms with Gasteiger partial charge in [0.1, 0.15) is 5.56 Å². The van der Waals surface area contributed by atoms with Crippen LogP contribution in [0.5, 0.6) is 0 Å². The van der Waals surface area contributed by atoms with Crippen LogP contribution >= 0.6 is 0 Å². The molecule has 0 spiro atoms. The molecule has 2 aromatic rings. The van der Waals surface area contributed by atoms with Crippen LogP contribution in [0.2, 0.25) is 0 Å². The Bertz CT molecular complexity index is 745. The smallest absolute Gasteiger partial charge is 0.263 e. The van der Waals surface area contributed by atoms with E-state index in [1.54, 1.807) is 13.1 Å². The summed E-state index contributed by atoms with van der Waals surface area (Å²) in [6.45, 7) is 2.15. The molecule has 0 radical (unpaired) electrons. The number of para-hydroxylation sites is 1. The van der Waals surface area contributed by atoms with Crippen LogP contribution in [-0.2, 0) is 11.8 Å². The van der Waals surface area contributed by atoms with E-state index in [4.69, 9.17) is 4.74 Å². The minimum absolute atomic E-state index is 0.198. The van der Waals surface area contributed by atoms with Crippen molar-refractivity contribution in [3.63, 3.8) is 0 Å². The second kappa shape index (κ2) is 6.32. The lowest BCUT2D eigenvalue weighted by atomic mass is 10.1. The molecule has 1 atom stereocenters. The van der Waals surface area contributed by atoms with Crippen LogP contribution < -0.4 is 10.9 Å². The number of ether oxygens (including phenoxy) is 1. The van der Waals surface area contributed by atoms with Crippen LogP contribution in [0.25, 0.3) is 10.9 Å². The number of aryl methyl sites for hydroxylation is 1. The number of amides is 1. The average Bonchev–Trinajstić information content (AvgIpc) is 3.04. The van der Waals surface area contributed by atoms with Crippen molar-refractivity contribution in [1.29, 1.82) is 0 Å². The molecular weight excluding hydrogens is 280 g/mol. The summed E-state index contributed by atoms with van der Waals surface area (Å²) in [5, 5.41) is 3.74. The Labute approximate surface area is 128 Å². The minimum Gasteiger partial charge on any atom is -0.381 e. The molecule has 1 unspecified atom stereocenters. The first-order valence-corrected chi connectivity index (χ1v) is 7.61. The number of hydrogen-bond donors (Lipinski definition) is 1. The quantitative estimate of drug-likeness (QED) is 0.935. The zero-order valence-corrected chi connectivity index (χ0v) is 12.7. The van der Waals surface area contributed by atoms with Gasteiger partial charge in [0, 0.05) is 26.8 Å². The van der Waals surface area contributed by atoms with Gasteiger partial charge in [-0.1, -0.05) is 18.2 Å². The summed E-state index contributed by atoms with van der Waals surface area (Å²) in [6, 6.07) is 9.23. The zero-order valence-electron chi connectivity index (χ0n) is 12.7. The molecule has 22 heavy (non-hydrogen) atoms. The molecule has 0 aliphatic carbocycles. The van der Waals surface area contributed by atoms with E-state index < -0.39 is 0 Å². The highest BCUT2D eigenvalue weighted by Crippen LogP contribution is 2.15. The standard InChI is InChI=1S/C17H20N2O3/c1-19-15-5-3-2-4-13(15)10-14(17(19)21)16(20)18-8-6-12-7-9-22-11-12/h2-5,10,12H,6-9,11H2,1H3,(H,18,20). The van der Waals surface area contributed by atoms with Crippen molar-refractivity contribution in [2.45, 2.75) is 12.8 Å². The number of hydrogen-bond acceptors (Lipinski definition) is 3. The number of pyridine rings is 1. The number of rotatable bonds is 4. The Kier molecular flexibility index (Phi) is 4.24. The first kappa shape index (κ1) is 14.8. The number of carbonyl (C=O) groups excluding carboxylic acids is 1. The van der Waals surface area contributed by atoms with Gasteiger partial charge in [-0.3, -0.25) is 9.59 Å². The van der Waals surface area contributed by atoms with E-state index in [1.165, 1.54) is 4.57 Å². The van der Waals surface area contributed by atoms with Gasteiger partial charge < -0.3 is 14.6 Å². The highest BCUT2D eigenvalue weighted by atomic mass is 16.5. The number of carbonyl (C=O) groups is 1. The topological polar surface area (TPSA) is 60.3 Å². The molecule has 5 nitrogen and oxygen atoms in total. The molecule has 1 aromatic heterocycles. The van der Waals surface area contributed by atoms with Crippen molar-refractivity contribution < 1.29 is 9.53 Å². The van der Waals surface area contributed by atoms with E-state index in [9.17, 15) is 9.59 Å². The molecule has 0 saturated carbocycles. The van der Waals surface area contributed by atoms with Crippen LogP contribution in [0.4, 0.5) is 0 Å². The molecule has 0 bridgehead atoms. The highest BCUT2D eigenvalue weighted by molar-refractivity contribution is 5.97. The van der Waals surface area contributed by atoms with Crippen LogP contribution in [0.3, 0.4) is 0 Å². The minimum atomic E-state index is -0.301. The number of benzene rings is 1. The molecule has 5 heteroatoms. The van der Waals surface area contributed by atoms with Crippen molar-refractivity contribution in [1.82, 2.24) is 9.88 Å². The summed E-state index contributed by atoms with van der Waals surface area (Å²) in [5.74, 6) is 0.213. The molecule has 1 aliphatic rings. The molecule has 3 rings (SSSR count). The number of fused-ring (bicyclic) bond motifs is 1. The fraction of sp³-hybridized carbons (Fsp3) is 0.412. The van der Waals surface area contributed by atoms with E-state index in [1.807, 2.05) is 24.3 Å². The third-order valence-corrected chi connectivity index (χ3v) is 4.24. The lowest BCUT2D eigenvalue weighted by molar-refractivity contribution is 0.0948. The van der Waals surface area contributed by atoms with Gasteiger partial charge in [0.25, 0.3) is 11.5 Å². The van der Waals surface area contributed by atoms with Gasteiger partial charge in [0.05, 0.1) is 5.52 Å². The number of nitrogens with zero attached hydrogens (tertiary/aromatic N) is 1. The van der Waals surface area contributed by atoms with E-state index in [0.717, 1.165) is 37.0 Å². The van der Waals surface area contributed by atoms with Crippen molar-refractivity contribution in [3.05, 3.63) is 46.2 Å². The normalized spacial score (nSPS) is 17.8. The van der Waals surface area contributed by atoms with Crippen molar-refractivity contribution in [2.75, 3.05) is 19.8 Å². The lowest BCUT2D eigenvalue weighted by Crippen LogP contribution is -2.33. The average molecular weight is 300 g/mol. The SMILES string of the molecule is Cn1c(=O)c(C(=O)NCCC2CCOC2)cc2ccccc21. The molecule has 1 amide bonds. The summed E-state index contributed by atoms with van der Waals surface area (Å²) in [4.78, 5) is 24.6. The molecular formula is C17H20N2O3. The Balaban J connectivity index is 1.75. The highest BCUT2D eigenvalue weighted by Gasteiger charge is 2.17. The van der Waals surface area contributed by atoms with Crippen LogP contribution in [-0.4, -0.2) is 30.2 Å². The van der Waals surface area contributed by atoms with Crippen molar-refractivity contribution >= 4 is 16.8 Å². The molecule has 116 valence electrons. The first-order chi connectivity index (χ1) is 10.7. The predicted octanol–water partition coefficient (Wildman–Crippen LogP) is 1.69. The molecule has 1 fully saturated rings. The number of nitrogens with one attached hydrogen (secondary N) is 1. The fourth-order valence-corrected chi connectivity index (χ4v) is 2.88. The largest absolute Gasteiger partial charge is 0.381 e. The van der Waals surface area contributed by atoms with Crippen LogP contribution in [0.1, 0.15) is 23.2 Å². The summed E-state index contributed by atoms with van der Waals surface area (Å²) < 4.78 is 6.84. The maximum atomic E-state index is 12.3. The maximum absolute atomic E-state index is 12.3. The second-order valence-corrected chi connectivity index (χ2v) is 5.76. The molecule has 1 aliphatic heterocycles.